The molecule has 2 bridgehead atoms. The largest absolute Gasteiger partial charge is 0.462 e. The molecule has 2 N–H and O–H groups in total. The van der Waals surface area contributed by atoms with Gasteiger partial charge in [-0.05, 0) is 18.6 Å². The fraction of sp³-hybridized carbons (Fsp3) is 0.579. The van der Waals surface area contributed by atoms with Crippen LogP contribution in [0.4, 0.5) is 0 Å². The lowest BCUT2D eigenvalue weighted by molar-refractivity contribution is -0.272. The van der Waals surface area contributed by atoms with Crippen LogP contribution in [0.25, 0.3) is 0 Å². The highest BCUT2D eigenvalue weighted by Gasteiger charge is 2.59. The molecule has 2 fully saturated rings. The van der Waals surface area contributed by atoms with Crippen LogP contribution in [-0.2, 0) is 23.7 Å². The second kappa shape index (κ2) is 8.35. The molecule has 2 heterocycles. The van der Waals surface area contributed by atoms with Crippen molar-refractivity contribution in [2.45, 2.75) is 56.4 Å². The van der Waals surface area contributed by atoms with Crippen molar-refractivity contribution >= 4 is 11.9 Å². The number of ether oxygens (including phenoxy) is 4. The fourth-order valence-corrected chi connectivity index (χ4v) is 3.18. The zero-order valence-corrected chi connectivity index (χ0v) is 15.1. The topological polar surface area (TPSA) is 112 Å². The fourth-order valence-electron chi connectivity index (χ4n) is 3.18. The maximum absolute atomic E-state index is 12.2. The van der Waals surface area contributed by atoms with Crippen LogP contribution < -0.4 is 0 Å². The number of hydrogen-bond acceptors (Lipinski definition) is 8. The number of rotatable bonds is 7. The van der Waals surface area contributed by atoms with Crippen molar-refractivity contribution in [3.8, 4) is 0 Å². The predicted octanol–water partition coefficient (Wildman–Crippen LogP) is 0.792. The molecule has 1 aromatic rings. The third-order valence-electron chi connectivity index (χ3n) is 4.68. The number of hydrogen-bond donors (Lipinski definition) is 2. The van der Waals surface area contributed by atoms with Gasteiger partial charge in [-0.3, -0.25) is 0 Å². The van der Waals surface area contributed by atoms with Crippen LogP contribution >= 0.6 is 0 Å². The lowest BCUT2D eigenvalue weighted by Crippen LogP contribution is -2.56. The molecule has 8 nitrogen and oxygen atoms in total. The van der Waals surface area contributed by atoms with Gasteiger partial charge in [0.25, 0.3) is 5.79 Å². The molecule has 0 aliphatic carbocycles. The van der Waals surface area contributed by atoms with Crippen molar-refractivity contribution in [3.63, 3.8) is 0 Å². The lowest BCUT2D eigenvalue weighted by Gasteiger charge is -2.36. The average molecular weight is 380 g/mol. The summed E-state index contributed by atoms with van der Waals surface area (Å²) in [5.41, 5.74) is 0.385. The van der Waals surface area contributed by atoms with Gasteiger partial charge in [-0.2, -0.15) is 0 Å². The van der Waals surface area contributed by atoms with Gasteiger partial charge in [-0.25, -0.2) is 9.59 Å². The Labute approximate surface area is 157 Å². The Hall–Kier alpha value is -2.00. The summed E-state index contributed by atoms with van der Waals surface area (Å²) < 4.78 is 21.3. The van der Waals surface area contributed by atoms with Gasteiger partial charge < -0.3 is 29.2 Å². The standard InChI is InChI=1S/C19H24O8/c1-2-3-9-24-18(22)19(23)10-13-15(20)16(27-19)14(26-13)11-25-17(21)12-7-5-4-6-8-12/h4-8,13-16,20,23H,2-3,9-11H2,1H3/t13-,14+,15-,16-,19+/m0/s1. The Balaban J connectivity index is 1.59. The monoisotopic (exact) mass is 380 g/mol. The summed E-state index contributed by atoms with van der Waals surface area (Å²) in [6.45, 7) is 1.95. The van der Waals surface area contributed by atoms with Gasteiger partial charge in [-0.15, -0.1) is 0 Å². The molecule has 3 rings (SSSR count). The maximum atomic E-state index is 12.2. The Kier molecular flexibility index (Phi) is 6.11. The molecule has 0 amide bonds. The summed E-state index contributed by atoms with van der Waals surface area (Å²) in [5.74, 6) is -3.62. The van der Waals surface area contributed by atoms with Crippen LogP contribution in [0, 0.1) is 0 Å². The molecule has 2 saturated heterocycles. The molecule has 0 spiro atoms. The number of carbonyl (C=O) groups is 2. The quantitative estimate of drug-likeness (QED) is 0.528. The van der Waals surface area contributed by atoms with E-state index in [0.29, 0.717) is 12.0 Å². The summed E-state index contributed by atoms with van der Waals surface area (Å²) in [4.78, 5) is 24.2. The van der Waals surface area contributed by atoms with Gasteiger partial charge >= 0.3 is 11.9 Å². The Morgan fingerprint density at radius 1 is 1.26 bits per heavy atom. The maximum Gasteiger partial charge on any atom is 0.366 e. The SMILES string of the molecule is CCCCOC(=O)[C@@]1(O)C[C@@H]2O[C@H](COC(=O)c3ccccc3)[C@H](O1)[C@H]2O. The van der Waals surface area contributed by atoms with Crippen molar-refractivity contribution in [2.24, 2.45) is 0 Å². The van der Waals surface area contributed by atoms with E-state index < -0.39 is 42.1 Å². The summed E-state index contributed by atoms with van der Waals surface area (Å²) in [6, 6.07) is 8.45. The van der Waals surface area contributed by atoms with Crippen LogP contribution in [0.1, 0.15) is 36.5 Å². The van der Waals surface area contributed by atoms with Crippen LogP contribution in [0.2, 0.25) is 0 Å². The highest BCUT2D eigenvalue weighted by atomic mass is 16.7. The highest BCUT2D eigenvalue weighted by molar-refractivity contribution is 5.89. The van der Waals surface area contributed by atoms with Crippen molar-refractivity contribution in [1.82, 2.24) is 0 Å². The van der Waals surface area contributed by atoms with E-state index in [4.69, 9.17) is 18.9 Å². The summed E-state index contributed by atoms with van der Waals surface area (Å²) >= 11 is 0. The first-order chi connectivity index (χ1) is 12.9. The number of esters is 2. The first-order valence-corrected chi connectivity index (χ1v) is 9.07. The number of unbranched alkanes of at least 4 members (excludes halogenated alkanes) is 1. The molecule has 8 heteroatoms. The number of aliphatic hydroxyl groups excluding tert-OH is 1. The van der Waals surface area contributed by atoms with E-state index in [9.17, 15) is 19.8 Å². The first-order valence-electron chi connectivity index (χ1n) is 9.07. The molecule has 2 aliphatic heterocycles. The number of carbonyl (C=O) groups excluding carboxylic acids is 2. The highest BCUT2D eigenvalue weighted by Crippen LogP contribution is 2.38. The molecule has 0 unspecified atom stereocenters. The molecule has 2 aliphatic rings. The van der Waals surface area contributed by atoms with E-state index in [1.165, 1.54) is 0 Å². The normalized spacial score (nSPS) is 32.1. The number of fused-ring (bicyclic) bond motifs is 2. The Bertz CT molecular complexity index is 663. The van der Waals surface area contributed by atoms with Crippen molar-refractivity contribution in [2.75, 3.05) is 13.2 Å². The molecule has 0 aromatic heterocycles. The Morgan fingerprint density at radius 2 is 2.00 bits per heavy atom. The molecule has 27 heavy (non-hydrogen) atoms. The van der Waals surface area contributed by atoms with E-state index in [-0.39, 0.29) is 19.6 Å². The van der Waals surface area contributed by atoms with Crippen LogP contribution in [0.15, 0.2) is 30.3 Å². The van der Waals surface area contributed by atoms with Crippen molar-refractivity contribution in [3.05, 3.63) is 35.9 Å². The van der Waals surface area contributed by atoms with E-state index in [1.807, 2.05) is 6.92 Å². The van der Waals surface area contributed by atoms with E-state index in [2.05, 4.69) is 0 Å². The zero-order chi connectivity index (χ0) is 19.4. The second-order valence-electron chi connectivity index (χ2n) is 6.73. The molecule has 1 aromatic carbocycles. The molecule has 0 radical (unpaired) electrons. The number of aliphatic hydroxyl groups is 2. The molecule has 148 valence electrons. The van der Waals surface area contributed by atoms with Crippen LogP contribution in [0.5, 0.6) is 0 Å². The minimum absolute atomic E-state index is 0.174. The summed E-state index contributed by atoms with van der Waals surface area (Å²) in [7, 11) is 0. The minimum Gasteiger partial charge on any atom is -0.462 e. The van der Waals surface area contributed by atoms with Gasteiger partial charge in [0.15, 0.2) is 0 Å². The average Bonchev–Trinajstić information content (AvgIpc) is 2.85. The molecule has 0 saturated carbocycles. The van der Waals surface area contributed by atoms with Crippen molar-refractivity contribution < 1.29 is 38.7 Å². The first kappa shape index (κ1) is 19.8. The third kappa shape index (κ3) is 4.30. The van der Waals surface area contributed by atoms with Gasteiger partial charge in [0.2, 0.25) is 0 Å². The molecular formula is C19H24O8. The van der Waals surface area contributed by atoms with Crippen LogP contribution in [0.3, 0.4) is 0 Å². The minimum atomic E-state index is -2.18. The van der Waals surface area contributed by atoms with Gasteiger partial charge in [-0.1, -0.05) is 31.5 Å². The van der Waals surface area contributed by atoms with Gasteiger partial charge in [0.1, 0.15) is 24.9 Å². The zero-order valence-electron chi connectivity index (χ0n) is 15.1. The summed E-state index contributed by atoms with van der Waals surface area (Å²) in [5, 5.41) is 20.8. The smallest absolute Gasteiger partial charge is 0.366 e. The Morgan fingerprint density at radius 3 is 2.70 bits per heavy atom. The second-order valence-corrected chi connectivity index (χ2v) is 6.73. The number of benzene rings is 1. The van der Waals surface area contributed by atoms with Crippen molar-refractivity contribution in [1.29, 1.82) is 0 Å². The molecular weight excluding hydrogens is 356 g/mol. The van der Waals surface area contributed by atoms with E-state index in [0.717, 1.165) is 6.42 Å². The predicted molar refractivity (Wildman–Crippen MR) is 91.7 cm³/mol. The van der Waals surface area contributed by atoms with Crippen LogP contribution in [-0.4, -0.2) is 65.6 Å². The molecule has 5 atom stereocenters. The lowest BCUT2D eigenvalue weighted by atomic mass is 9.96. The van der Waals surface area contributed by atoms with E-state index in [1.54, 1.807) is 30.3 Å². The van der Waals surface area contributed by atoms with E-state index >= 15 is 0 Å². The third-order valence-corrected chi connectivity index (χ3v) is 4.68. The van der Waals surface area contributed by atoms with Gasteiger partial charge in [0.05, 0.1) is 18.3 Å². The summed E-state index contributed by atoms with van der Waals surface area (Å²) in [6.07, 6.45) is -2.38. The van der Waals surface area contributed by atoms with Gasteiger partial charge in [0, 0.05) is 6.42 Å².